The maximum Gasteiger partial charge on any atom is 0.232 e. The monoisotopic (exact) mass is 543 g/mol. The molecule has 0 fully saturated rings. The average molecular weight is 544 g/mol. The topological polar surface area (TPSA) is 57.8 Å². The molecule has 0 saturated carbocycles. The number of halogens is 1. The van der Waals surface area contributed by atoms with Crippen LogP contribution in [0.2, 0.25) is 5.02 Å². The minimum atomic E-state index is -0.341. The van der Waals surface area contributed by atoms with Crippen LogP contribution in [0.15, 0.2) is 79.1 Å². The van der Waals surface area contributed by atoms with Crippen molar-refractivity contribution < 1.29 is 14.3 Å². The molecule has 6 nitrogen and oxygen atoms in total. The quantitative estimate of drug-likeness (QED) is 0.243. The van der Waals surface area contributed by atoms with Gasteiger partial charge in [-0.1, -0.05) is 30.7 Å². The van der Waals surface area contributed by atoms with Crippen molar-refractivity contribution in [3.63, 3.8) is 0 Å². The fourth-order valence-electron chi connectivity index (χ4n) is 5.06. The number of carbonyl (C=O) groups is 1. The number of hydrogen-bond donors (Lipinski definition) is 1. The van der Waals surface area contributed by atoms with Crippen LogP contribution in [0.1, 0.15) is 48.6 Å². The van der Waals surface area contributed by atoms with Gasteiger partial charge in [-0.3, -0.25) is 4.79 Å². The summed E-state index contributed by atoms with van der Waals surface area (Å²) >= 11 is 6.24. The number of methoxy groups -OCH3 is 1. The van der Waals surface area contributed by atoms with Gasteiger partial charge in [0.2, 0.25) is 5.91 Å². The third-order valence-corrected chi connectivity index (χ3v) is 7.58. The molecule has 2 atom stereocenters. The smallest absolute Gasteiger partial charge is 0.232 e. The molecule has 1 aliphatic rings. The number of nitrogens with zero attached hydrogens (tertiary/aromatic N) is 2. The van der Waals surface area contributed by atoms with Crippen molar-refractivity contribution in [3.05, 3.63) is 106 Å². The predicted octanol–water partition coefficient (Wildman–Crippen LogP) is 7.17. The number of aromatic amines is 1. The highest BCUT2D eigenvalue weighted by molar-refractivity contribution is 6.30. The average Bonchev–Trinajstić information content (AvgIpc) is 3.46. The lowest BCUT2D eigenvalue weighted by Gasteiger charge is -2.38. The van der Waals surface area contributed by atoms with Gasteiger partial charge in [-0.25, -0.2) is 0 Å². The van der Waals surface area contributed by atoms with E-state index in [-0.39, 0.29) is 24.5 Å². The van der Waals surface area contributed by atoms with Crippen molar-refractivity contribution in [1.82, 2.24) is 4.98 Å². The molecule has 1 amide bonds. The maximum atomic E-state index is 13.8. The molecule has 202 valence electrons. The van der Waals surface area contributed by atoms with Gasteiger partial charge in [0.05, 0.1) is 25.7 Å². The zero-order chi connectivity index (χ0) is 27.5. The number of aromatic nitrogens is 1. The summed E-state index contributed by atoms with van der Waals surface area (Å²) in [5, 5.41) is 0.651. The molecule has 5 rings (SSSR count). The van der Waals surface area contributed by atoms with Crippen LogP contribution in [0, 0.1) is 0 Å². The van der Waals surface area contributed by atoms with Crippen molar-refractivity contribution in [2.24, 2.45) is 0 Å². The number of nitrogens with one attached hydrogen (secondary N) is 1. The van der Waals surface area contributed by atoms with Crippen molar-refractivity contribution >= 4 is 28.9 Å². The first-order valence-corrected chi connectivity index (χ1v) is 13.6. The van der Waals surface area contributed by atoms with E-state index in [9.17, 15) is 4.79 Å². The standard InChI is InChI=1S/C32H34ClN3O3/c1-5-21(2)39-30-18-28-24(16-29(30)38-4)17-31(37)36(32(28)23-6-8-25(33)9-7-23)27-12-10-26(11-13-27)35(3)20-22-14-15-34-19-22/h6-16,18-19,21,32,34H,5,17,20H2,1-4H3/t21-,32?/m1/s1. The molecule has 1 aliphatic heterocycles. The summed E-state index contributed by atoms with van der Waals surface area (Å²) in [4.78, 5) is 20.9. The fourth-order valence-corrected chi connectivity index (χ4v) is 5.19. The highest BCUT2D eigenvalue weighted by Gasteiger charge is 2.36. The third kappa shape index (κ3) is 5.62. The Bertz CT molecular complexity index is 1420. The first-order valence-electron chi connectivity index (χ1n) is 13.3. The first-order chi connectivity index (χ1) is 18.9. The molecule has 7 heteroatoms. The molecule has 0 bridgehead atoms. The summed E-state index contributed by atoms with van der Waals surface area (Å²) in [6.45, 7) is 4.92. The van der Waals surface area contributed by atoms with Crippen LogP contribution >= 0.6 is 11.6 Å². The van der Waals surface area contributed by atoms with Gasteiger partial charge in [-0.2, -0.15) is 0 Å². The summed E-state index contributed by atoms with van der Waals surface area (Å²) in [5.74, 6) is 1.34. The van der Waals surface area contributed by atoms with E-state index in [1.807, 2.05) is 72.7 Å². The van der Waals surface area contributed by atoms with Crippen LogP contribution < -0.4 is 19.3 Å². The van der Waals surface area contributed by atoms with E-state index in [1.54, 1.807) is 7.11 Å². The Balaban J connectivity index is 1.56. The highest BCUT2D eigenvalue weighted by Crippen LogP contribution is 2.44. The first kappa shape index (κ1) is 26.7. The largest absolute Gasteiger partial charge is 0.493 e. The molecule has 0 saturated heterocycles. The van der Waals surface area contributed by atoms with Crippen molar-refractivity contribution in [1.29, 1.82) is 0 Å². The van der Waals surface area contributed by atoms with Crippen LogP contribution in [0.3, 0.4) is 0 Å². The van der Waals surface area contributed by atoms with Crippen molar-refractivity contribution in [2.45, 2.75) is 45.4 Å². The normalized spacial score (nSPS) is 15.6. The molecule has 3 aromatic carbocycles. The summed E-state index contributed by atoms with van der Waals surface area (Å²) in [6, 6.07) is 21.6. The summed E-state index contributed by atoms with van der Waals surface area (Å²) in [6.07, 6.45) is 5.10. The number of rotatable bonds is 9. The Morgan fingerprint density at radius 2 is 1.82 bits per heavy atom. The van der Waals surface area contributed by atoms with E-state index in [1.165, 1.54) is 5.56 Å². The molecule has 0 spiro atoms. The second-order valence-electron chi connectivity index (χ2n) is 10.0. The molecule has 39 heavy (non-hydrogen) atoms. The molecule has 4 aromatic rings. The molecule has 0 radical (unpaired) electrons. The lowest BCUT2D eigenvalue weighted by Crippen LogP contribution is -2.41. The van der Waals surface area contributed by atoms with Crippen LogP contribution in [-0.4, -0.2) is 31.2 Å². The zero-order valence-corrected chi connectivity index (χ0v) is 23.5. The van der Waals surface area contributed by atoms with E-state index < -0.39 is 0 Å². The van der Waals surface area contributed by atoms with Crippen molar-refractivity contribution in [2.75, 3.05) is 24.0 Å². The number of anilines is 2. The minimum absolute atomic E-state index is 0.0218. The molecule has 1 aromatic heterocycles. The zero-order valence-electron chi connectivity index (χ0n) is 22.8. The summed E-state index contributed by atoms with van der Waals surface area (Å²) in [7, 11) is 3.69. The van der Waals surface area contributed by atoms with Crippen LogP contribution in [0.5, 0.6) is 11.5 Å². The number of fused-ring (bicyclic) bond motifs is 1. The van der Waals surface area contributed by atoms with Gasteiger partial charge >= 0.3 is 0 Å². The Labute approximate surface area is 235 Å². The Kier molecular flexibility index (Phi) is 7.84. The number of H-pyrrole nitrogens is 1. The maximum absolute atomic E-state index is 13.8. The summed E-state index contributed by atoms with van der Waals surface area (Å²) < 4.78 is 11.9. The second kappa shape index (κ2) is 11.5. The molecule has 1 unspecified atom stereocenters. The fraction of sp³-hybridized carbons (Fsp3) is 0.281. The lowest BCUT2D eigenvalue weighted by molar-refractivity contribution is -0.118. The van der Waals surface area contributed by atoms with Gasteiger partial charge < -0.3 is 24.3 Å². The number of carbonyl (C=O) groups excluding carboxylic acids is 1. The minimum Gasteiger partial charge on any atom is -0.493 e. The third-order valence-electron chi connectivity index (χ3n) is 7.33. The molecule has 0 aliphatic carbocycles. The number of benzene rings is 3. The van der Waals surface area contributed by atoms with E-state index in [2.05, 4.69) is 42.1 Å². The Hall–Kier alpha value is -3.90. The molecular formula is C32H34ClN3O3. The number of ether oxygens (including phenoxy) is 2. The van der Waals surface area contributed by atoms with Gasteiger partial charge in [-0.05, 0) is 90.2 Å². The Morgan fingerprint density at radius 1 is 1.08 bits per heavy atom. The van der Waals surface area contributed by atoms with Crippen molar-refractivity contribution in [3.8, 4) is 11.5 Å². The van der Waals surface area contributed by atoms with E-state index >= 15 is 0 Å². The van der Waals surface area contributed by atoms with Gasteiger partial charge in [0.1, 0.15) is 0 Å². The van der Waals surface area contributed by atoms with E-state index in [0.717, 1.165) is 41.0 Å². The van der Waals surface area contributed by atoms with Gasteiger partial charge in [-0.15, -0.1) is 0 Å². The number of amides is 1. The Morgan fingerprint density at radius 3 is 2.46 bits per heavy atom. The lowest BCUT2D eigenvalue weighted by atomic mass is 9.86. The SMILES string of the molecule is CC[C@@H](C)Oc1cc2c(cc1OC)CC(=O)N(c1ccc(N(C)Cc3cc[nH]c3)cc1)C2c1ccc(Cl)cc1. The van der Waals surface area contributed by atoms with Crippen LogP contribution in [-0.2, 0) is 17.8 Å². The molecular weight excluding hydrogens is 510 g/mol. The van der Waals surface area contributed by atoms with Crippen LogP contribution in [0.25, 0.3) is 0 Å². The predicted molar refractivity (Wildman–Crippen MR) is 157 cm³/mol. The number of hydrogen-bond acceptors (Lipinski definition) is 4. The highest BCUT2D eigenvalue weighted by atomic mass is 35.5. The van der Waals surface area contributed by atoms with Gasteiger partial charge in [0.15, 0.2) is 11.5 Å². The van der Waals surface area contributed by atoms with E-state index in [0.29, 0.717) is 16.5 Å². The van der Waals surface area contributed by atoms with E-state index in [4.69, 9.17) is 21.1 Å². The second-order valence-corrected chi connectivity index (χ2v) is 10.5. The van der Waals surface area contributed by atoms with Gasteiger partial charge in [0.25, 0.3) is 0 Å². The summed E-state index contributed by atoms with van der Waals surface area (Å²) in [5.41, 5.74) is 6.04. The van der Waals surface area contributed by atoms with Gasteiger partial charge in [0, 0.05) is 42.4 Å². The molecule has 1 N–H and O–H groups in total. The van der Waals surface area contributed by atoms with Crippen LogP contribution in [0.4, 0.5) is 11.4 Å². The molecule has 2 heterocycles.